The Labute approximate surface area is 138 Å². The fourth-order valence-electron chi connectivity index (χ4n) is 2.38. The second-order valence-corrected chi connectivity index (χ2v) is 7.08. The van der Waals surface area contributed by atoms with Crippen LogP contribution in [0.5, 0.6) is 0 Å². The first kappa shape index (κ1) is 17.0. The van der Waals surface area contributed by atoms with E-state index in [9.17, 15) is 8.42 Å². The van der Waals surface area contributed by atoms with Crippen LogP contribution in [0.1, 0.15) is 25.3 Å². The predicted octanol–water partition coefficient (Wildman–Crippen LogP) is 3.75. The molecule has 0 saturated carbocycles. The molecular formula is C18H20N2O2S. The van der Waals surface area contributed by atoms with Crippen LogP contribution in [0.15, 0.2) is 59.5 Å². The highest BCUT2D eigenvalue weighted by Crippen LogP contribution is 2.24. The van der Waals surface area contributed by atoms with Crippen LogP contribution < -0.4 is 4.31 Å². The van der Waals surface area contributed by atoms with E-state index in [1.54, 1.807) is 36.4 Å². The van der Waals surface area contributed by atoms with Crippen LogP contribution in [0, 0.1) is 11.3 Å². The molecule has 0 fully saturated rings. The number of sulfonamides is 1. The quantitative estimate of drug-likeness (QED) is 0.777. The van der Waals surface area contributed by atoms with Gasteiger partial charge in [0.05, 0.1) is 23.1 Å². The molecular weight excluding hydrogens is 308 g/mol. The lowest BCUT2D eigenvalue weighted by atomic mass is 10.1. The molecule has 23 heavy (non-hydrogen) atoms. The largest absolute Gasteiger partial charge is 0.265 e. The number of hydrogen-bond acceptors (Lipinski definition) is 3. The van der Waals surface area contributed by atoms with Gasteiger partial charge in [-0.3, -0.25) is 4.31 Å². The van der Waals surface area contributed by atoms with Crippen molar-refractivity contribution < 1.29 is 8.42 Å². The fourth-order valence-corrected chi connectivity index (χ4v) is 3.84. The Hall–Kier alpha value is -2.32. The zero-order valence-corrected chi connectivity index (χ0v) is 14.0. The summed E-state index contributed by atoms with van der Waals surface area (Å²) in [7, 11) is -3.68. The molecule has 0 N–H and O–H groups in total. The van der Waals surface area contributed by atoms with Gasteiger partial charge in [-0.05, 0) is 36.2 Å². The number of hydrogen-bond donors (Lipinski definition) is 0. The molecule has 4 nitrogen and oxygen atoms in total. The molecule has 0 saturated heterocycles. The van der Waals surface area contributed by atoms with E-state index in [0.717, 1.165) is 18.4 Å². The van der Waals surface area contributed by atoms with E-state index in [-0.39, 0.29) is 17.9 Å². The Morgan fingerprint density at radius 3 is 2.26 bits per heavy atom. The number of anilines is 1. The van der Waals surface area contributed by atoms with Gasteiger partial charge < -0.3 is 0 Å². The van der Waals surface area contributed by atoms with Crippen LogP contribution in [0.25, 0.3) is 0 Å². The molecule has 0 aliphatic carbocycles. The van der Waals surface area contributed by atoms with Crippen molar-refractivity contribution in [1.82, 2.24) is 0 Å². The molecule has 0 bridgehead atoms. The molecule has 0 aromatic heterocycles. The van der Waals surface area contributed by atoms with Crippen LogP contribution in [-0.4, -0.2) is 15.0 Å². The molecule has 0 aliphatic rings. The maximum atomic E-state index is 12.9. The summed E-state index contributed by atoms with van der Waals surface area (Å²) >= 11 is 0. The average molecular weight is 328 g/mol. The third-order valence-corrected chi connectivity index (χ3v) is 5.36. The van der Waals surface area contributed by atoms with Gasteiger partial charge in [0.15, 0.2) is 0 Å². The van der Waals surface area contributed by atoms with E-state index >= 15 is 0 Å². The standard InChI is InChI=1S/C18H20N2O2S/c1-2-7-16-10-12-18(13-11-16)23(21,22)20(15-6-14-19)17-8-4-3-5-9-17/h3-5,8-13H,2,6-7,15H2,1H3. The molecule has 0 spiro atoms. The van der Waals surface area contributed by atoms with Gasteiger partial charge in [0, 0.05) is 6.54 Å². The van der Waals surface area contributed by atoms with Crippen LogP contribution >= 0.6 is 0 Å². The SMILES string of the molecule is CCCc1ccc(S(=O)(=O)N(CCC#N)c2ccccc2)cc1. The second-order valence-electron chi connectivity index (χ2n) is 5.21. The van der Waals surface area contributed by atoms with Gasteiger partial charge in [0.1, 0.15) is 0 Å². The van der Waals surface area contributed by atoms with Crippen molar-refractivity contribution in [3.8, 4) is 6.07 Å². The fraction of sp³-hybridized carbons (Fsp3) is 0.278. The minimum atomic E-state index is -3.68. The summed E-state index contributed by atoms with van der Waals surface area (Å²) in [5.74, 6) is 0. The maximum absolute atomic E-state index is 12.9. The molecule has 120 valence electrons. The Kier molecular flexibility index (Phi) is 5.78. The van der Waals surface area contributed by atoms with Gasteiger partial charge in [-0.25, -0.2) is 8.42 Å². The average Bonchev–Trinajstić information content (AvgIpc) is 2.57. The molecule has 2 aromatic carbocycles. The highest BCUT2D eigenvalue weighted by Gasteiger charge is 2.24. The number of benzene rings is 2. The Bertz CT molecular complexity index is 763. The Morgan fingerprint density at radius 1 is 1.04 bits per heavy atom. The zero-order valence-electron chi connectivity index (χ0n) is 13.1. The molecule has 0 aliphatic heterocycles. The minimum Gasteiger partial charge on any atom is -0.265 e. The summed E-state index contributed by atoms with van der Waals surface area (Å²) in [6.07, 6.45) is 2.09. The Balaban J connectivity index is 2.37. The third-order valence-electron chi connectivity index (χ3n) is 3.52. The van der Waals surface area contributed by atoms with Crippen molar-refractivity contribution in [3.05, 3.63) is 60.2 Å². The summed E-state index contributed by atoms with van der Waals surface area (Å²) in [5.41, 5.74) is 1.69. The smallest absolute Gasteiger partial charge is 0.264 e. The zero-order chi connectivity index (χ0) is 16.7. The first-order valence-electron chi connectivity index (χ1n) is 7.63. The molecule has 2 rings (SSSR count). The lowest BCUT2D eigenvalue weighted by Gasteiger charge is -2.23. The van der Waals surface area contributed by atoms with Crippen molar-refractivity contribution in [1.29, 1.82) is 5.26 Å². The van der Waals surface area contributed by atoms with Crippen molar-refractivity contribution in [2.45, 2.75) is 31.1 Å². The Morgan fingerprint density at radius 2 is 1.70 bits per heavy atom. The minimum absolute atomic E-state index is 0.138. The molecule has 2 aromatic rings. The predicted molar refractivity (Wildman–Crippen MR) is 91.6 cm³/mol. The van der Waals surface area contributed by atoms with Gasteiger partial charge in [-0.1, -0.05) is 43.7 Å². The highest BCUT2D eigenvalue weighted by atomic mass is 32.2. The lowest BCUT2D eigenvalue weighted by Crippen LogP contribution is -2.31. The summed E-state index contributed by atoms with van der Waals surface area (Å²) in [4.78, 5) is 0.249. The van der Waals surface area contributed by atoms with E-state index in [2.05, 4.69) is 6.92 Å². The summed E-state index contributed by atoms with van der Waals surface area (Å²) < 4.78 is 27.1. The number of nitriles is 1. The van der Waals surface area contributed by atoms with Crippen molar-refractivity contribution >= 4 is 15.7 Å². The number of rotatable bonds is 7. The van der Waals surface area contributed by atoms with Crippen LogP contribution in [0.3, 0.4) is 0 Å². The number of para-hydroxylation sites is 1. The normalized spacial score (nSPS) is 11.0. The molecule has 0 radical (unpaired) electrons. The third kappa shape index (κ3) is 4.11. The van der Waals surface area contributed by atoms with E-state index in [0.29, 0.717) is 5.69 Å². The van der Waals surface area contributed by atoms with E-state index in [1.165, 1.54) is 4.31 Å². The van der Waals surface area contributed by atoms with Crippen molar-refractivity contribution in [3.63, 3.8) is 0 Å². The molecule has 5 heteroatoms. The first-order valence-corrected chi connectivity index (χ1v) is 9.07. The van der Waals surface area contributed by atoms with Gasteiger partial charge >= 0.3 is 0 Å². The lowest BCUT2D eigenvalue weighted by molar-refractivity contribution is 0.591. The topological polar surface area (TPSA) is 61.2 Å². The van der Waals surface area contributed by atoms with Crippen molar-refractivity contribution in [2.24, 2.45) is 0 Å². The summed E-state index contributed by atoms with van der Waals surface area (Å²) in [6, 6.07) is 17.9. The van der Waals surface area contributed by atoms with E-state index in [1.807, 2.05) is 24.3 Å². The number of nitrogens with zero attached hydrogens (tertiary/aromatic N) is 2. The summed E-state index contributed by atoms with van der Waals surface area (Å²) in [6.45, 7) is 2.23. The highest BCUT2D eigenvalue weighted by molar-refractivity contribution is 7.92. The van der Waals surface area contributed by atoms with Crippen molar-refractivity contribution in [2.75, 3.05) is 10.8 Å². The molecule has 0 unspecified atom stereocenters. The summed E-state index contributed by atoms with van der Waals surface area (Å²) in [5, 5.41) is 8.82. The monoisotopic (exact) mass is 328 g/mol. The van der Waals surface area contributed by atoms with Gasteiger partial charge in [-0.2, -0.15) is 5.26 Å². The maximum Gasteiger partial charge on any atom is 0.264 e. The first-order chi connectivity index (χ1) is 11.1. The van der Waals surface area contributed by atoms with Crippen LogP contribution in [0.4, 0.5) is 5.69 Å². The van der Waals surface area contributed by atoms with E-state index in [4.69, 9.17) is 5.26 Å². The van der Waals surface area contributed by atoms with Crippen LogP contribution in [0.2, 0.25) is 0 Å². The molecule has 0 atom stereocenters. The van der Waals surface area contributed by atoms with E-state index < -0.39 is 10.0 Å². The van der Waals surface area contributed by atoms with Crippen LogP contribution in [-0.2, 0) is 16.4 Å². The number of aryl methyl sites for hydroxylation is 1. The van der Waals surface area contributed by atoms with Gasteiger partial charge in [0.25, 0.3) is 10.0 Å². The van der Waals surface area contributed by atoms with Gasteiger partial charge in [0.2, 0.25) is 0 Å². The molecule has 0 heterocycles. The molecule has 0 amide bonds. The second kappa shape index (κ2) is 7.80. The van der Waals surface area contributed by atoms with Gasteiger partial charge in [-0.15, -0.1) is 0 Å².